The fraction of sp³-hybridized carbons (Fsp3) is 0.636. The standard InChI is InChI=1S/C22H32N2O2/c1-22(2,3)18-9-7-17(8-10-18)16-21(26)23-14-11-19(12-15-23)24-13-5-4-6-20(24)25/h7-10,19H,4-6,11-16H2,1-3H3. The Morgan fingerprint density at radius 3 is 2.27 bits per heavy atom. The zero-order valence-electron chi connectivity index (χ0n) is 16.5. The van der Waals surface area contributed by atoms with Gasteiger partial charge in [0.25, 0.3) is 0 Å². The summed E-state index contributed by atoms with van der Waals surface area (Å²) in [7, 11) is 0. The van der Waals surface area contributed by atoms with Gasteiger partial charge in [-0.3, -0.25) is 9.59 Å². The minimum absolute atomic E-state index is 0.135. The number of rotatable bonds is 3. The fourth-order valence-corrected chi connectivity index (χ4v) is 4.05. The first-order chi connectivity index (χ1) is 12.3. The summed E-state index contributed by atoms with van der Waals surface area (Å²) < 4.78 is 0. The molecule has 1 aromatic rings. The molecule has 0 aliphatic carbocycles. The van der Waals surface area contributed by atoms with Gasteiger partial charge in [-0.05, 0) is 42.2 Å². The van der Waals surface area contributed by atoms with Gasteiger partial charge >= 0.3 is 0 Å². The molecule has 26 heavy (non-hydrogen) atoms. The molecule has 0 N–H and O–H groups in total. The van der Waals surface area contributed by atoms with Crippen LogP contribution in [-0.4, -0.2) is 47.3 Å². The van der Waals surface area contributed by atoms with Gasteiger partial charge in [0.1, 0.15) is 0 Å². The van der Waals surface area contributed by atoms with Gasteiger partial charge in [0.05, 0.1) is 6.42 Å². The van der Waals surface area contributed by atoms with E-state index in [1.165, 1.54) is 5.56 Å². The van der Waals surface area contributed by atoms with Gasteiger partial charge < -0.3 is 9.80 Å². The number of piperidine rings is 2. The summed E-state index contributed by atoms with van der Waals surface area (Å²) in [6.07, 6.45) is 5.15. The molecule has 142 valence electrons. The second-order valence-electron chi connectivity index (χ2n) is 8.78. The van der Waals surface area contributed by atoms with E-state index < -0.39 is 0 Å². The Morgan fingerprint density at radius 1 is 1.04 bits per heavy atom. The Labute approximate surface area is 157 Å². The van der Waals surface area contributed by atoms with E-state index in [1.54, 1.807) is 0 Å². The van der Waals surface area contributed by atoms with E-state index in [-0.39, 0.29) is 11.3 Å². The highest BCUT2D eigenvalue weighted by Crippen LogP contribution is 2.24. The number of carbonyl (C=O) groups is 2. The Hall–Kier alpha value is -1.84. The molecule has 3 rings (SSSR count). The van der Waals surface area contributed by atoms with E-state index in [9.17, 15) is 9.59 Å². The minimum Gasteiger partial charge on any atom is -0.342 e. The van der Waals surface area contributed by atoms with Crippen LogP contribution in [0.3, 0.4) is 0 Å². The lowest BCUT2D eigenvalue weighted by atomic mass is 9.86. The maximum absolute atomic E-state index is 12.6. The van der Waals surface area contributed by atoms with Crippen LogP contribution in [0.4, 0.5) is 0 Å². The van der Waals surface area contributed by atoms with E-state index in [1.807, 2.05) is 4.90 Å². The summed E-state index contributed by atoms with van der Waals surface area (Å²) in [4.78, 5) is 28.8. The molecule has 0 saturated carbocycles. The van der Waals surface area contributed by atoms with Crippen LogP contribution < -0.4 is 0 Å². The fourth-order valence-electron chi connectivity index (χ4n) is 4.05. The van der Waals surface area contributed by atoms with E-state index in [0.29, 0.717) is 24.8 Å². The minimum atomic E-state index is 0.135. The molecule has 0 aromatic heterocycles. The van der Waals surface area contributed by atoms with Crippen molar-refractivity contribution in [3.8, 4) is 0 Å². The maximum atomic E-state index is 12.6. The van der Waals surface area contributed by atoms with Crippen LogP contribution in [0.2, 0.25) is 0 Å². The van der Waals surface area contributed by atoms with Crippen LogP contribution in [0.25, 0.3) is 0 Å². The Balaban J connectivity index is 1.51. The van der Waals surface area contributed by atoms with Crippen molar-refractivity contribution >= 4 is 11.8 Å². The molecule has 0 atom stereocenters. The van der Waals surface area contributed by atoms with Gasteiger partial charge in [-0.1, -0.05) is 45.0 Å². The van der Waals surface area contributed by atoms with Gasteiger partial charge in [-0.25, -0.2) is 0 Å². The average molecular weight is 357 g/mol. The van der Waals surface area contributed by atoms with Crippen LogP contribution in [0.1, 0.15) is 64.0 Å². The molecule has 2 aliphatic heterocycles. The summed E-state index contributed by atoms with van der Waals surface area (Å²) in [5, 5.41) is 0. The number of hydrogen-bond donors (Lipinski definition) is 0. The first-order valence-electron chi connectivity index (χ1n) is 10.0. The molecule has 2 heterocycles. The van der Waals surface area contributed by atoms with Crippen molar-refractivity contribution in [3.63, 3.8) is 0 Å². The lowest BCUT2D eigenvalue weighted by molar-refractivity contribution is -0.138. The number of benzene rings is 1. The smallest absolute Gasteiger partial charge is 0.226 e. The predicted molar refractivity (Wildman–Crippen MR) is 104 cm³/mol. The molecule has 0 radical (unpaired) electrons. The third-order valence-corrected chi connectivity index (χ3v) is 5.79. The summed E-state index contributed by atoms with van der Waals surface area (Å²) >= 11 is 0. The molecule has 2 amide bonds. The molecule has 2 saturated heterocycles. The first kappa shape index (κ1) is 18.9. The summed E-state index contributed by atoms with van der Waals surface area (Å²) in [6.45, 7) is 9.04. The largest absolute Gasteiger partial charge is 0.342 e. The second-order valence-corrected chi connectivity index (χ2v) is 8.78. The lowest BCUT2D eigenvalue weighted by Gasteiger charge is -2.40. The topological polar surface area (TPSA) is 40.6 Å². The zero-order valence-corrected chi connectivity index (χ0v) is 16.5. The Bertz CT molecular complexity index is 637. The van der Waals surface area contributed by atoms with Crippen LogP contribution >= 0.6 is 0 Å². The molecular weight excluding hydrogens is 324 g/mol. The third kappa shape index (κ3) is 4.46. The number of nitrogens with zero attached hydrogens (tertiary/aromatic N) is 2. The summed E-state index contributed by atoms with van der Waals surface area (Å²) in [5.41, 5.74) is 2.51. The van der Waals surface area contributed by atoms with Crippen LogP contribution in [-0.2, 0) is 21.4 Å². The number of likely N-dealkylation sites (tertiary alicyclic amines) is 2. The monoisotopic (exact) mass is 356 g/mol. The molecule has 4 heteroatoms. The molecule has 0 spiro atoms. The molecule has 0 bridgehead atoms. The van der Waals surface area contributed by atoms with Gasteiger partial charge in [0.2, 0.25) is 11.8 Å². The van der Waals surface area contributed by atoms with Gasteiger partial charge in [-0.15, -0.1) is 0 Å². The van der Waals surface area contributed by atoms with Crippen molar-refractivity contribution in [1.29, 1.82) is 0 Å². The van der Waals surface area contributed by atoms with E-state index >= 15 is 0 Å². The van der Waals surface area contributed by atoms with Crippen LogP contribution in [0, 0.1) is 0 Å². The molecule has 2 fully saturated rings. The van der Waals surface area contributed by atoms with Gasteiger partial charge in [-0.2, -0.15) is 0 Å². The Morgan fingerprint density at radius 2 is 1.69 bits per heavy atom. The highest BCUT2D eigenvalue weighted by atomic mass is 16.2. The maximum Gasteiger partial charge on any atom is 0.226 e. The molecular formula is C22H32N2O2. The van der Waals surface area contributed by atoms with Crippen LogP contribution in [0.5, 0.6) is 0 Å². The first-order valence-corrected chi connectivity index (χ1v) is 10.0. The van der Waals surface area contributed by atoms with Gasteiger partial charge in [0, 0.05) is 32.1 Å². The molecule has 1 aromatic carbocycles. The normalized spacial score (nSPS) is 19.7. The van der Waals surface area contributed by atoms with Crippen molar-refractivity contribution in [2.75, 3.05) is 19.6 Å². The van der Waals surface area contributed by atoms with Crippen LogP contribution in [0.15, 0.2) is 24.3 Å². The van der Waals surface area contributed by atoms with Crippen molar-refractivity contribution in [1.82, 2.24) is 9.80 Å². The molecule has 2 aliphatic rings. The van der Waals surface area contributed by atoms with E-state index in [4.69, 9.17) is 0 Å². The number of hydrogen-bond acceptors (Lipinski definition) is 2. The highest BCUT2D eigenvalue weighted by molar-refractivity contribution is 5.79. The van der Waals surface area contributed by atoms with Crippen molar-refractivity contribution in [2.24, 2.45) is 0 Å². The Kier molecular flexibility index (Phi) is 5.69. The summed E-state index contributed by atoms with van der Waals surface area (Å²) in [6, 6.07) is 8.76. The second kappa shape index (κ2) is 7.81. The molecule has 4 nitrogen and oxygen atoms in total. The molecule has 0 unspecified atom stereocenters. The highest BCUT2D eigenvalue weighted by Gasteiger charge is 2.30. The van der Waals surface area contributed by atoms with Crippen molar-refractivity contribution in [3.05, 3.63) is 35.4 Å². The van der Waals surface area contributed by atoms with Gasteiger partial charge in [0.15, 0.2) is 0 Å². The zero-order chi connectivity index (χ0) is 18.7. The predicted octanol–water partition coefficient (Wildman–Crippen LogP) is 3.53. The van der Waals surface area contributed by atoms with Crippen molar-refractivity contribution in [2.45, 2.75) is 70.8 Å². The van der Waals surface area contributed by atoms with Crippen molar-refractivity contribution < 1.29 is 9.59 Å². The third-order valence-electron chi connectivity index (χ3n) is 5.79. The number of carbonyl (C=O) groups excluding carboxylic acids is 2. The number of amides is 2. The van der Waals surface area contributed by atoms with E-state index in [2.05, 4.69) is 49.9 Å². The average Bonchev–Trinajstić information content (AvgIpc) is 2.62. The quantitative estimate of drug-likeness (QED) is 0.831. The SMILES string of the molecule is CC(C)(C)c1ccc(CC(=O)N2CCC(N3CCCCC3=O)CC2)cc1. The summed E-state index contributed by atoms with van der Waals surface area (Å²) in [5.74, 6) is 0.511. The lowest BCUT2D eigenvalue weighted by Crippen LogP contribution is -2.50. The van der Waals surface area contributed by atoms with E-state index in [0.717, 1.165) is 50.9 Å².